The van der Waals surface area contributed by atoms with Gasteiger partial charge in [-0.1, -0.05) is 30.3 Å². The van der Waals surface area contributed by atoms with Crippen LogP contribution in [0.4, 0.5) is 11.6 Å². The predicted molar refractivity (Wildman–Crippen MR) is 99.7 cm³/mol. The molecule has 1 unspecified atom stereocenters. The first kappa shape index (κ1) is 16.3. The molecule has 1 N–H and O–H groups in total. The summed E-state index contributed by atoms with van der Waals surface area (Å²) in [6, 6.07) is 13.4. The van der Waals surface area contributed by atoms with E-state index in [9.17, 15) is 4.79 Å². The summed E-state index contributed by atoms with van der Waals surface area (Å²) in [6.45, 7) is 0.704. The van der Waals surface area contributed by atoms with Crippen molar-refractivity contribution < 1.29 is 4.79 Å². The molecule has 7 nitrogen and oxygen atoms in total. The highest BCUT2D eigenvalue weighted by atomic mass is 16.2. The van der Waals surface area contributed by atoms with E-state index in [2.05, 4.69) is 20.4 Å². The second-order valence-corrected chi connectivity index (χ2v) is 6.30. The number of carbonyl (C=O) groups is 1. The normalized spacial score (nSPS) is 17.3. The summed E-state index contributed by atoms with van der Waals surface area (Å²) in [5, 5.41) is 7.44. The van der Waals surface area contributed by atoms with Crippen molar-refractivity contribution in [2.45, 2.75) is 18.9 Å². The van der Waals surface area contributed by atoms with E-state index in [0.29, 0.717) is 12.4 Å². The average Bonchev–Trinajstić information content (AvgIpc) is 3.10. The number of anilines is 2. The van der Waals surface area contributed by atoms with E-state index in [-0.39, 0.29) is 11.9 Å². The second-order valence-electron chi connectivity index (χ2n) is 6.30. The molecule has 7 heteroatoms. The van der Waals surface area contributed by atoms with Crippen molar-refractivity contribution in [3.05, 3.63) is 55.0 Å². The third kappa shape index (κ3) is 3.15. The molecule has 0 saturated carbocycles. The monoisotopic (exact) mass is 348 g/mol. The third-order valence-corrected chi connectivity index (χ3v) is 4.57. The largest absolute Gasteiger partial charge is 0.358 e. The fourth-order valence-electron chi connectivity index (χ4n) is 3.25. The van der Waals surface area contributed by atoms with Crippen molar-refractivity contribution in [2.24, 2.45) is 7.05 Å². The van der Waals surface area contributed by atoms with Crippen LogP contribution in [0.1, 0.15) is 12.8 Å². The molecule has 3 aromatic rings. The number of amides is 1. The van der Waals surface area contributed by atoms with Gasteiger partial charge in [-0.3, -0.25) is 14.4 Å². The van der Waals surface area contributed by atoms with Gasteiger partial charge in [0.05, 0.1) is 11.9 Å². The molecule has 0 bridgehead atoms. The zero-order chi connectivity index (χ0) is 17.9. The first-order chi connectivity index (χ1) is 12.7. The fourth-order valence-corrected chi connectivity index (χ4v) is 3.25. The van der Waals surface area contributed by atoms with Gasteiger partial charge in [-0.2, -0.15) is 5.10 Å². The van der Waals surface area contributed by atoms with Gasteiger partial charge >= 0.3 is 0 Å². The summed E-state index contributed by atoms with van der Waals surface area (Å²) in [7, 11) is 1.84. The van der Waals surface area contributed by atoms with Crippen LogP contribution in [0.3, 0.4) is 0 Å². The minimum atomic E-state index is -0.308. The summed E-state index contributed by atoms with van der Waals surface area (Å²) in [5.74, 6) is 1.51. The number of nitrogens with zero attached hydrogens (tertiary/aromatic N) is 5. The highest BCUT2D eigenvalue weighted by Crippen LogP contribution is 2.23. The molecule has 1 atom stereocenters. The van der Waals surface area contributed by atoms with E-state index in [0.717, 1.165) is 29.9 Å². The summed E-state index contributed by atoms with van der Waals surface area (Å²) in [6.07, 6.45) is 4.93. The third-order valence-electron chi connectivity index (χ3n) is 4.57. The van der Waals surface area contributed by atoms with E-state index < -0.39 is 0 Å². The van der Waals surface area contributed by atoms with Crippen LogP contribution in [-0.2, 0) is 11.8 Å². The second kappa shape index (κ2) is 6.95. The number of carbonyl (C=O) groups excluding carboxylic acids is 1. The van der Waals surface area contributed by atoms with E-state index in [1.165, 1.54) is 6.33 Å². The standard InChI is InChI=1S/C19H20N6O/c1-24-18(9-10-22-24)25-11-5-8-15(19(25)26)23-17-12-16(20-13-21-17)14-6-3-2-4-7-14/h2-4,6-7,9-10,12-13,15H,5,8,11H2,1H3,(H,20,21,23). The first-order valence-electron chi connectivity index (χ1n) is 8.66. The molecule has 1 fully saturated rings. The van der Waals surface area contributed by atoms with Gasteiger partial charge in [0, 0.05) is 31.3 Å². The summed E-state index contributed by atoms with van der Waals surface area (Å²) < 4.78 is 1.72. The van der Waals surface area contributed by atoms with Crippen molar-refractivity contribution in [3.63, 3.8) is 0 Å². The maximum absolute atomic E-state index is 12.9. The molecule has 1 aliphatic rings. The molecule has 4 rings (SSSR count). The van der Waals surface area contributed by atoms with Crippen molar-refractivity contribution in [3.8, 4) is 11.3 Å². The fraction of sp³-hybridized carbons (Fsp3) is 0.263. The molecule has 0 aliphatic carbocycles. The quantitative estimate of drug-likeness (QED) is 0.784. The summed E-state index contributed by atoms with van der Waals surface area (Å²) in [4.78, 5) is 23.3. The molecule has 1 amide bonds. The number of nitrogens with one attached hydrogen (secondary N) is 1. The van der Waals surface area contributed by atoms with Crippen molar-refractivity contribution >= 4 is 17.5 Å². The average molecular weight is 348 g/mol. The maximum atomic E-state index is 12.9. The molecule has 0 radical (unpaired) electrons. The van der Waals surface area contributed by atoms with Gasteiger partial charge in [0.25, 0.3) is 5.91 Å². The van der Waals surface area contributed by atoms with Crippen LogP contribution >= 0.6 is 0 Å². The highest BCUT2D eigenvalue weighted by molar-refractivity contribution is 5.98. The summed E-state index contributed by atoms with van der Waals surface area (Å²) >= 11 is 0. The lowest BCUT2D eigenvalue weighted by molar-refractivity contribution is -0.120. The molecular formula is C19H20N6O. The zero-order valence-corrected chi connectivity index (χ0v) is 14.5. The van der Waals surface area contributed by atoms with Gasteiger partial charge in [0.1, 0.15) is 24.0 Å². The number of piperidine rings is 1. The van der Waals surface area contributed by atoms with Crippen molar-refractivity contribution in [2.75, 3.05) is 16.8 Å². The minimum Gasteiger partial charge on any atom is -0.358 e. The Labute approximate surface area is 151 Å². The first-order valence-corrected chi connectivity index (χ1v) is 8.66. The Kier molecular flexibility index (Phi) is 4.35. The van der Waals surface area contributed by atoms with Crippen LogP contribution in [0.5, 0.6) is 0 Å². The Bertz CT molecular complexity index is 907. The number of rotatable bonds is 4. The number of hydrogen-bond donors (Lipinski definition) is 1. The summed E-state index contributed by atoms with van der Waals surface area (Å²) in [5.41, 5.74) is 1.85. The van der Waals surface area contributed by atoms with Crippen LogP contribution in [-0.4, -0.2) is 38.2 Å². The Balaban J connectivity index is 1.54. The number of hydrogen-bond acceptors (Lipinski definition) is 5. The van der Waals surface area contributed by atoms with Gasteiger partial charge in [-0.25, -0.2) is 9.97 Å². The lowest BCUT2D eigenvalue weighted by Crippen LogP contribution is -2.48. The number of aromatic nitrogens is 4. The minimum absolute atomic E-state index is 0.0414. The van der Waals surface area contributed by atoms with Gasteiger partial charge in [0.15, 0.2) is 0 Å². The lowest BCUT2D eigenvalue weighted by atomic mass is 10.0. The van der Waals surface area contributed by atoms with Crippen LogP contribution < -0.4 is 10.2 Å². The van der Waals surface area contributed by atoms with E-state index in [1.807, 2.05) is 49.5 Å². The molecular weight excluding hydrogens is 328 g/mol. The molecule has 132 valence electrons. The molecule has 1 aliphatic heterocycles. The van der Waals surface area contributed by atoms with E-state index >= 15 is 0 Å². The van der Waals surface area contributed by atoms with Crippen LogP contribution in [0.2, 0.25) is 0 Å². The number of benzene rings is 1. The SMILES string of the molecule is Cn1nccc1N1CCCC(Nc2cc(-c3ccccc3)ncn2)C1=O. The topological polar surface area (TPSA) is 75.9 Å². The van der Waals surface area contributed by atoms with E-state index in [1.54, 1.807) is 15.8 Å². The highest BCUT2D eigenvalue weighted by Gasteiger charge is 2.31. The molecule has 1 aromatic carbocycles. The number of aryl methyl sites for hydroxylation is 1. The van der Waals surface area contributed by atoms with Gasteiger partial charge < -0.3 is 5.32 Å². The Morgan fingerprint density at radius 1 is 1.15 bits per heavy atom. The molecule has 1 saturated heterocycles. The van der Waals surface area contributed by atoms with Crippen LogP contribution in [0.15, 0.2) is 55.0 Å². The van der Waals surface area contributed by atoms with Gasteiger partial charge in [0.2, 0.25) is 0 Å². The maximum Gasteiger partial charge on any atom is 0.250 e. The molecule has 2 aromatic heterocycles. The predicted octanol–water partition coefficient (Wildman–Crippen LogP) is 2.48. The molecule has 3 heterocycles. The molecule has 26 heavy (non-hydrogen) atoms. The Morgan fingerprint density at radius 3 is 2.77 bits per heavy atom. The smallest absolute Gasteiger partial charge is 0.250 e. The van der Waals surface area contributed by atoms with Crippen LogP contribution in [0.25, 0.3) is 11.3 Å². The Morgan fingerprint density at radius 2 is 2.00 bits per heavy atom. The lowest BCUT2D eigenvalue weighted by Gasteiger charge is -2.32. The van der Waals surface area contributed by atoms with Crippen LogP contribution in [0, 0.1) is 0 Å². The zero-order valence-electron chi connectivity index (χ0n) is 14.5. The Hall–Kier alpha value is -3.22. The van der Waals surface area contributed by atoms with E-state index in [4.69, 9.17) is 0 Å². The van der Waals surface area contributed by atoms with Crippen molar-refractivity contribution in [1.82, 2.24) is 19.7 Å². The van der Waals surface area contributed by atoms with Gasteiger partial charge in [-0.05, 0) is 12.8 Å². The van der Waals surface area contributed by atoms with Crippen molar-refractivity contribution in [1.29, 1.82) is 0 Å². The molecule has 0 spiro atoms. The van der Waals surface area contributed by atoms with Gasteiger partial charge in [-0.15, -0.1) is 0 Å².